The highest BCUT2D eigenvalue weighted by atomic mass is 32.2. The number of ether oxygens (including phenoxy) is 1. The zero-order valence-electron chi connectivity index (χ0n) is 9.94. The van der Waals surface area contributed by atoms with Gasteiger partial charge in [0.15, 0.2) is 0 Å². The lowest BCUT2D eigenvalue weighted by molar-refractivity contribution is 0.0953. The second-order valence-electron chi connectivity index (χ2n) is 3.57. The molecule has 0 bridgehead atoms. The molecule has 0 saturated heterocycles. The average molecular weight is 254 g/mol. The molecule has 0 unspecified atom stereocenters. The molecule has 1 aromatic rings. The molecule has 5 heteroatoms. The van der Waals surface area contributed by atoms with E-state index in [1.807, 2.05) is 23.9 Å². The lowest BCUT2D eigenvalue weighted by Crippen LogP contribution is -2.29. The van der Waals surface area contributed by atoms with E-state index in [0.717, 1.165) is 24.5 Å². The smallest absolute Gasteiger partial charge is 0.265 e. The predicted molar refractivity (Wildman–Crippen MR) is 70.8 cm³/mol. The maximum atomic E-state index is 11.2. The third-order valence-corrected chi connectivity index (χ3v) is 3.37. The molecule has 0 aromatic heterocycles. The molecular formula is C12H18N2O2S. The first-order valence-electron chi connectivity index (χ1n) is 5.44. The van der Waals surface area contributed by atoms with Crippen LogP contribution in [0.15, 0.2) is 24.3 Å². The van der Waals surface area contributed by atoms with E-state index in [9.17, 15) is 4.79 Å². The Morgan fingerprint density at radius 2 is 2.12 bits per heavy atom. The van der Waals surface area contributed by atoms with Crippen LogP contribution in [0.25, 0.3) is 0 Å². The van der Waals surface area contributed by atoms with E-state index < -0.39 is 0 Å². The fourth-order valence-electron chi connectivity index (χ4n) is 1.33. The van der Waals surface area contributed by atoms with Crippen LogP contribution >= 0.6 is 11.8 Å². The lowest BCUT2D eigenvalue weighted by atomic mass is 10.1. The van der Waals surface area contributed by atoms with Crippen LogP contribution in [0.5, 0.6) is 0 Å². The van der Waals surface area contributed by atoms with Crippen molar-refractivity contribution in [3.63, 3.8) is 0 Å². The van der Waals surface area contributed by atoms with Gasteiger partial charge in [-0.15, -0.1) is 0 Å². The van der Waals surface area contributed by atoms with Crippen molar-refractivity contribution in [3.05, 3.63) is 35.4 Å². The first-order valence-corrected chi connectivity index (χ1v) is 6.60. The van der Waals surface area contributed by atoms with E-state index in [1.165, 1.54) is 5.56 Å². The van der Waals surface area contributed by atoms with Gasteiger partial charge >= 0.3 is 0 Å². The maximum absolute atomic E-state index is 11.2. The van der Waals surface area contributed by atoms with Crippen LogP contribution < -0.4 is 11.3 Å². The molecule has 0 spiro atoms. The molecule has 0 saturated carbocycles. The molecule has 0 aliphatic heterocycles. The van der Waals surface area contributed by atoms with Gasteiger partial charge in [-0.2, -0.15) is 11.8 Å². The van der Waals surface area contributed by atoms with Crippen molar-refractivity contribution < 1.29 is 9.53 Å². The number of benzene rings is 1. The molecule has 1 aromatic carbocycles. The van der Waals surface area contributed by atoms with E-state index in [0.29, 0.717) is 5.56 Å². The summed E-state index contributed by atoms with van der Waals surface area (Å²) in [6.07, 6.45) is 1.06. The summed E-state index contributed by atoms with van der Waals surface area (Å²) in [6, 6.07) is 7.47. The van der Waals surface area contributed by atoms with Crippen LogP contribution in [-0.2, 0) is 10.5 Å². The Morgan fingerprint density at radius 1 is 1.41 bits per heavy atom. The molecule has 0 radical (unpaired) electrons. The summed E-state index contributed by atoms with van der Waals surface area (Å²) >= 11 is 1.86. The van der Waals surface area contributed by atoms with Gasteiger partial charge in [0.2, 0.25) is 0 Å². The predicted octanol–water partition coefficient (Wildman–Crippen LogP) is 1.56. The van der Waals surface area contributed by atoms with Crippen LogP contribution in [0.4, 0.5) is 0 Å². The second kappa shape index (κ2) is 8.11. The van der Waals surface area contributed by atoms with E-state index in [4.69, 9.17) is 10.6 Å². The van der Waals surface area contributed by atoms with Crippen LogP contribution in [0.1, 0.15) is 22.3 Å². The molecule has 4 nitrogen and oxygen atoms in total. The van der Waals surface area contributed by atoms with E-state index in [1.54, 1.807) is 19.2 Å². The van der Waals surface area contributed by atoms with Gasteiger partial charge in [-0.1, -0.05) is 12.1 Å². The number of thioether (sulfide) groups is 1. The quantitative estimate of drug-likeness (QED) is 0.335. The van der Waals surface area contributed by atoms with Gasteiger partial charge in [0.1, 0.15) is 0 Å². The van der Waals surface area contributed by atoms with Gasteiger partial charge in [0, 0.05) is 25.0 Å². The van der Waals surface area contributed by atoms with Crippen LogP contribution in [0.3, 0.4) is 0 Å². The molecule has 0 aliphatic rings. The summed E-state index contributed by atoms with van der Waals surface area (Å²) in [4.78, 5) is 11.2. The van der Waals surface area contributed by atoms with Gasteiger partial charge in [0.25, 0.3) is 5.91 Å². The van der Waals surface area contributed by atoms with Gasteiger partial charge in [-0.05, 0) is 29.9 Å². The zero-order chi connectivity index (χ0) is 12.5. The Labute approximate surface area is 106 Å². The summed E-state index contributed by atoms with van der Waals surface area (Å²) in [5.74, 6) is 6.83. The molecule has 0 aliphatic carbocycles. The third kappa shape index (κ3) is 5.21. The van der Waals surface area contributed by atoms with E-state index >= 15 is 0 Å². The van der Waals surface area contributed by atoms with Crippen molar-refractivity contribution in [1.29, 1.82) is 0 Å². The minimum atomic E-state index is -0.260. The standard InChI is InChI=1S/C12H18N2O2S/c1-16-7-2-8-17-9-10-3-5-11(6-4-10)12(15)14-13/h3-6H,2,7-9,13H2,1H3,(H,14,15). The summed E-state index contributed by atoms with van der Waals surface area (Å²) < 4.78 is 4.98. The van der Waals surface area contributed by atoms with Gasteiger partial charge in [0.05, 0.1) is 0 Å². The number of methoxy groups -OCH3 is 1. The van der Waals surface area contributed by atoms with Crippen molar-refractivity contribution in [2.45, 2.75) is 12.2 Å². The Balaban J connectivity index is 2.33. The number of nitrogens with two attached hydrogens (primary N) is 1. The average Bonchev–Trinajstić information content (AvgIpc) is 2.38. The van der Waals surface area contributed by atoms with Crippen molar-refractivity contribution in [1.82, 2.24) is 5.43 Å². The Kier molecular flexibility index (Phi) is 6.69. The fourth-order valence-corrected chi connectivity index (χ4v) is 2.23. The maximum Gasteiger partial charge on any atom is 0.265 e. The fraction of sp³-hybridized carbons (Fsp3) is 0.417. The highest BCUT2D eigenvalue weighted by molar-refractivity contribution is 7.98. The first-order chi connectivity index (χ1) is 8.27. The second-order valence-corrected chi connectivity index (χ2v) is 4.67. The number of nitrogen functional groups attached to an aromatic ring is 1. The Bertz CT molecular complexity index is 341. The molecule has 0 heterocycles. The van der Waals surface area contributed by atoms with Gasteiger partial charge in [-0.3, -0.25) is 10.2 Å². The van der Waals surface area contributed by atoms with Crippen molar-refractivity contribution in [2.24, 2.45) is 5.84 Å². The lowest BCUT2D eigenvalue weighted by Gasteiger charge is -2.03. The van der Waals surface area contributed by atoms with Crippen LogP contribution in [0.2, 0.25) is 0 Å². The van der Waals surface area contributed by atoms with Crippen molar-refractivity contribution >= 4 is 17.7 Å². The number of hydrazine groups is 1. The van der Waals surface area contributed by atoms with Crippen LogP contribution in [0, 0.1) is 0 Å². The number of carbonyl (C=O) groups excluding carboxylic acids is 1. The number of amides is 1. The summed E-state index contributed by atoms with van der Waals surface area (Å²) in [7, 11) is 1.71. The third-order valence-electron chi connectivity index (χ3n) is 2.25. The minimum absolute atomic E-state index is 0.260. The molecule has 3 N–H and O–H groups in total. The van der Waals surface area contributed by atoms with E-state index in [-0.39, 0.29) is 5.91 Å². The Hall–Kier alpha value is -1.04. The monoisotopic (exact) mass is 254 g/mol. The summed E-state index contributed by atoms with van der Waals surface area (Å²) in [6.45, 7) is 0.808. The summed E-state index contributed by atoms with van der Waals surface area (Å²) in [5.41, 5.74) is 3.90. The SMILES string of the molecule is COCCCSCc1ccc(C(=O)NN)cc1. The van der Waals surface area contributed by atoms with E-state index in [2.05, 4.69) is 5.43 Å². The zero-order valence-corrected chi connectivity index (χ0v) is 10.8. The highest BCUT2D eigenvalue weighted by Gasteiger charge is 2.02. The number of hydrogen-bond acceptors (Lipinski definition) is 4. The molecule has 94 valence electrons. The van der Waals surface area contributed by atoms with Gasteiger partial charge in [-0.25, -0.2) is 5.84 Å². The van der Waals surface area contributed by atoms with Crippen molar-refractivity contribution in [2.75, 3.05) is 19.5 Å². The minimum Gasteiger partial charge on any atom is -0.385 e. The number of carbonyl (C=O) groups is 1. The number of rotatable bonds is 7. The number of nitrogens with one attached hydrogen (secondary N) is 1. The topological polar surface area (TPSA) is 64.3 Å². The van der Waals surface area contributed by atoms with Crippen molar-refractivity contribution in [3.8, 4) is 0 Å². The van der Waals surface area contributed by atoms with Gasteiger partial charge < -0.3 is 4.74 Å². The molecule has 1 rings (SSSR count). The highest BCUT2D eigenvalue weighted by Crippen LogP contribution is 2.14. The Morgan fingerprint density at radius 3 is 2.71 bits per heavy atom. The number of hydrogen-bond donors (Lipinski definition) is 2. The summed E-state index contributed by atoms with van der Waals surface area (Å²) in [5, 5.41) is 0. The van der Waals surface area contributed by atoms with Crippen LogP contribution in [-0.4, -0.2) is 25.4 Å². The molecule has 0 fully saturated rings. The first kappa shape index (κ1) is 14.0. The largest absolute Gasteiger partial charge is 0.385 e. The molecule has 0 atom stereocenters. The molecule has 17 heavy (non-hydrogen) atoms. The molecular weight excluding hydrogens is 236 g/mol. The molecule has 1 amide bonds. The normalized spacial score (nSPS) is 10.2.